The van der Waals surface area contributed by atoms with Gasteiger partial charge in [-0.25, -0.2) is 9.97 Å². The van der Waals surface area contributed by atoms with Gasteiger partial charge in [0.05, 0.1) is 18.3 Å². The molecule has 0 unspecified atom stereocenters. The van der Waals surface area contributed by atoms with Crippen LogP contribution in [0.2, 0.25) is 0 Å². The number of rotatable bonds is 4. The largest absolute Gasteiger partial charge is 0.337 e. The van der Waals surface area contributed by atoms with E-state index in [9.17, 15) is 4.79 Å². The molecule has 6 heteroatoms. The fourth-order valence-corrected chi connectivity index (χ4v) is 1.88. The van der Waals surface area contributed by atoms with Crippen LogP contribution in [0.25, 0.3) is 0 Å². The molecule has 0 amide bonds. The first-order valence-corrected chi connectivity index (χ1v) is 6.15. The molecule has 0 aromatic carbocycles. The molecule has 2 heterocycles. The third-order valence-electron chi connectivity index (χ3n) is 2.53. The lowest BCUT2D eigenvalue weighted by Gasteiger charge is -2.07. The monoisotopic (exact) mass is 296 g/mol. The summed E-state index contributed by atoms with van der Waals surface area (Å²) in [5.74, 6) is 0. The molecular weight excluding hydrogens is 284 g/mol. The van der Waals surface area contributed by atoms with Crippen molar-refractivity contribution < 1.29 is 0 Å². The molecule has 0 saturated carbocycles. The van der Waals surface area contributed by atoms with Crippen LogP contribution in [0.1, 0.15) is 12.1 Å². The minimum atomic E-state index is -0.0249. The van der Waals surface area contributed by atoms with Crippen LogP contribution in [0.3, 0.4) is 0 Å². The molecule has 5 nitrogen and oxygen atoms in total. The van der Waals surface area contributed by atoms with Gasteiger partial charge in [0.15, 0.2) is 0 Å². The van der Waals surface area contributed by atoms with Crippen molar-refractivity contribution in [1.82, 2.24) is 19.1 Å². The minimum absolute atomic E-state index is 0.0249. The summed E-state index contributed by atoms with van der Waals surface area (Å²) in [5, 5.41) is 0. The Kier molecular flexibility index (Phi) is 3.73. The lowest BCUT2D eigenvalue weighted by molar-refractivity contribution is 0.544. The molecule has 2 aromatic heterocycles. The van der Waals surface area contributed by atoms with E-state index in [4.69, 9.17) is 0 Å². The van der Waals surface area contributed by atoms with E-state index >= 15 is 0 Å². The average molecular weight is 297 g/mol. The Hall–Kier alpha value is -1.43. The van der Waals surface area contributed by atoms with Gasteiger partial charge in [0.2, 0.25) is 0 Å². The van der Waals surface area contributed by atoms with Crippen LogP contribution < -0.4 is 5.56 Å². The lowest BCUT2D eigenvalue weighted by Crippen LogP contribution is -2.22. The van der Waals surface area contributed by atoms with Crippen molar-refractivity contribution >= 4 is 15.9 Å². The fourth-order valence-electron chi connectivity index (χ4n) is 1.55. The minimum Gasteiger partial charge on any atom is -0.337 e. The zero-order valence-electron chi connectivity index (χ0n) is 9.51. The Morgan fingerprint density at radius 2 is 2.18 bits per heavy atom. The summed E-state index contributed by atoms with van der Waals surface area (Å²) in [6.07, 6.45) is 7.89. The number of hydrogen-bond donors (Lipinski definition) is 0. The molecule has 17 heavy (non-hydrogen) atoms. The maximum atomic E-state index is 11.8. The molecule has 0 aliphatic heterocycles. The van der Waals surface area contributed by atoms with E-state index < -0.39 is 0 Å². The highest BCUT2D eigenvalue weighted by Gasteiger charge is 2.04. The van der Waals surface area contributed by atoms with Gasteiger partial charge in [0, 0.05) is 25.5 Å². The van der Waals surface area contributed by atoms with E-state index in [-0.39, 0.29) is 5.56 Å². The molecule has 90 valence electrons. The standard InChI is InChI=1S/C11H13BrN4O/c1-9-10(12)11(17)16(8-14-9)5-2-4-15-6-3-13-7-15/h3,6-8H,2,4-5H2,1H3. The zero-order valence-corrected chi connectivity index (χ0v) is 11.1. The quantitative estimate of drug-likeness (QED) is 0.861. The van der Waals surface area contributed by atoms with Crippen LogP contribution in [-0.2, 0) is 13.1 Å². The second-order valence-electron chi connectivity index (χ2n) is 3.80. The number of aryl methyl sites for hydroxylation is 3. The summed E-state index contributed by atoms with van der Waals surface area (Å²) in [6, 6.07) is 0. The first-order chi connectivity index (χ1) is 8.18. The Labute approximate surface area is 107 Å². The van der Waals surface area contributed by atoms with E-state index in [0.29, 0.717) is 11.0 Å². The number of nitrogens with zero attached hydrogens (tertiary/aromatic N) is 4. The highest BCUT2D eigenvalue weighted by atomic mass is 79.9. The molecule has 2 rings (SSSR count). The third kappa shape index (κ3) is 2.82. The van der Waals surface area contributed by atoms with Gasteiger partial charge in [0.25, 0.3) is 5.56 Å². The Bertz CT molecular complexity index is 547. The van der Waals surface area contributed by atoms with Gasteiger partial charge >= 0.3 is 0 Å². The molecule has 0 aliphatic carbocycles. The van der Waals surface area contributed by atoms with Gasteiger partial charge < -0.3 is 4.57 Å². The molecule has 0 atom stereocenters. The highest BCUT2D eigenvalue weighted by molar-refractivity contribution is 9.10. The van der Waals surface area contributed by atoms with Crippen molar-refractivity contribution in [3.8, 4) is 0 Å². The summed E-state index contributed by atoms with van der Waals surface area (Å²) in [7, 11) is 0. The first-order valence-electron chi connectivity index (χ1n) is 5.36. The Balaban J connectivity index is 2.00. The summed E-state index contributed by atoms with van der Waals surface area (Å²) in [5.41, 5.74) is 0.698. The number of aromatic nitrogens is 4. The fraction of sp³-hybridized carbons (Fsp3) is 0.364. The second kappa shape index (κ2) is 5.27. The molecule has 0 fully saturated rings. The van der Waals surface area contributed by atoms with Crippen LogP contribution in [0, 0.1) is 6.92 Å². The van der Waals surface area contributed by atoms with Crippen molar-refractivity contribution in [2.45, 2.75) is 26.4 Å². The van der Waals surface area contributed by atoms with Crippen molar-refractivity contribution in [3.63, 3.8) is 0 Å². The predicted octanol–water partition coefficient (Wildman–Crippen LogP) is 1.60. The van der Waals surface area contributed by atoms with Gasteiger partial charge in [-0.3, -0.25) is 9.36 Å². The SMILES string of the molecule is Cc1ncn(CCCn2ccnc2)c(=O)c1Br. The molecule has 0 N–H and O–H groups in total. The van der Waals surface area contributed by atoms with Gasteiger partial charge in [-0.1, -0.05) is 0 Å². The lowest BCUT2D eigenvalue weighted by atomic mass is 10.4. The predicted molar refractivity (Wildman–Crippen MR) is 67.8 cm³/mol. The molecule has 0 aliphatic rings. The molecular formula is C11H13BrN4O. The highest BCUT2D eigenvalue weighted by Crippen LogP contribution is 2.06. The maximum Gasteiger partial charge on any atom is 0.267 e. The van der Waals surface area contributed by atoms with Crippen LogP contribution >= 0.6 is 15.9 Å². The van der Waals surface area contributed by atoms with Gasteiger partial charge in [-0.05, 0) is 29.3 Å². The van der Waals surface area contributed by atoms with E-state index in [1.54, 1.807) is 30.3 Å². The van der Waals surface area contributed by atoms with E-state index in [0.717, 1.165) is 18.7 Å². The Morgan fingerprint density at radius 3 is 2.88 bits per heavy atom. The second-order valence-corrected chi connectivity index (χ2v) is 4.59. The zero-order chi connectivity index (χ0) is 12.3. The van der Waals surface area contributed by atoms with E-state index in [2.05, 4.69) is 25.9 Å². The van der Waals surface area contributed by atoms with Crippen LogP contribution in [0.15, 0.2) is 34.3 Å². The normalized spacial score (nSPS) is 10.7. The summed E-state index contributed by atoms with van der Waals surface area (Å²) in [4.78, 5) is 20.0. The van der Waals surface area contributed by atoms with Crippen LogP contribution in [-0.4, -0.2) is 19.1 Å². The van der Waals surface area contributed by atoms with Crippen molar-refractivity contribution in [3.05, 3.63) is 45.6 Å². The average Bonchev–Trinajstić information content (AvgIpc) is 2.82. The van der Waals surface area contributed by atoms with Crippen molar-refractivity contribution in [2.24, 2.45) is 0 Å². The molecule has 0 radical (unpaired) electrons. The maximum absolute atomic E-state index is 11.8. The molecule has 2 aromatic rings. The summed E-state index contributed by atoms with van der Waals surface area (Å²) in [6.45, 7) is 3.31. The number of hydrogen-bond acceptors (Lipinski definition) is 3. The van der Waals surface area contributed by atoms with Crippen molar-refractivity contribution in [2.75, 3.05) is 0 Å². The smallest absolute Gasteiger partial charge is 0.267 e. The van der Waals surface area contributed by atoms with Gasteiger partial charge in [-0.15, -0.1) is 0 Å². The van der Waals surface area contributed by atoms with Crippen LogP contribution in [0.5, 0.6) is 0 Å². The third-order valence-corrected chi connectivity index (χ3v) is 3.44. The molecule has 0 spiro atoms. The summed E-state index contributed by atoms with van der Waals surface area (Å²) < 4.78 is 4.15. The topological polar surface area (TPSA) is 52.7 Å². The van der Waals surface area contributed by atoms with Gasteiger partial charge in [-0.2, -0.15) is 0 Å². The molecule has 0 bridgehead atoms. The first kappa shape index (κ1) is 12.0. The van der Waals surface area contributed by atoms with E-state index in [1.165, 1.54) is 0 Å². The van der Waals surface area contributed by atoms with E-state index in [1.807, 2.05) is 10.8 Å². The van der Waals surface area contributed by atoms with Gasteiger partial charge in [0.1, 0.15) is 4.47 Å². The van der Waals surface area contributed by atoms with Crippen LogP contribution in [0.4, 0.5) is 0 Å². The Morgan fingerprint density at radius 1 is 1.35 bits per heavy atom. The summed E-state index contributed by atoms with van der Waals surface area (Å²) >= 11 is 3.25. The van der Waals surface area contributed by atoms with Crippen molar-refractivity contribution in [1.29, 1.82) is 0 Å². The molecule has 0 saturated heterocycles. The number of halogens is 1. The number of imidazole rings is 1.